The second kappa shape index (κ2) is 36.2. The molecule has 2 aromatic rings. The van der Waals surface area contributed by atoms with Gasteiger partial charge in [-0.1, -0.05) is 102 Å². The lowest BCUT2D eigenvalue weighted by Gasteiger charge is -2.33. The number of amides is 7. The predicted molar refractivity (Wildman–Crippen MR) is 294 cm³/mol. The van der Waals surface area contributed by atoms with E-state index < -0.39 is 116 Å². The van der Waals surface area contributed by atoms with E-state index >= 15 is 0 Å². The fraction of sp³-hybridized carbons (Fsp3) is 0.607. The molecule has 0 bridgehead atoms. The molecule has 0 aliphatic carbocycles. The normalized spacial score (nSPS) is 13.2. The van der Waals surface area contributed by atoms with E-state index in [9.17, 15) is 68.4 Å². The number of aliphatic hydroxyl groups is 1. The second-order valence-electron chi connectivity index (χ2n) is 21.5. The van der Waals surface area contributed by atoms with Gasteiger partial charge in [-0.05, 0) is 67.4 Å². The number of hydrogen-bond donors (Lipinski definition) is 9. The molecule has 0 aliphatic heterocycles. The van der Waals surface area contributed by atoms with Gasteiger partial charge in [0, 0.05) is 76.4 Å². The molecule has 23 heteroatoms. The van der Waals surface area contributed by atoms with Crippen LogP contribution in [0.2, 0.25) is 0 Å². The van der Waals surface area contributed by atoms with Crippen LogP contribution < -0.4 is 27.4 Å². The number of aliphatic hydroxyl groups excluding tert-OH is 1. The first-order valence-electron chi connectivity index (χ1n) is 27.1. The number of benzene rings is 2. The molecular formula is C56H87N9O14. The Morgan fingerprint density at radius 2 is 0.949 bits per heavy atom. The molecule has 5 atom stereocenters. The molecule has 1 unspecified atom stereocenters. The molecule has 0 saturated heterocycles. The maximum absolute atomic E-state index is 14.3. The van der Waals surface area contributed by atoms with Crippen LogP contribution in [0.3, 0.4) is 0 Å². The molecule has 79 heavy (non-hydrogen) atoms. The lowest BCUT2D eigenvalue weighted by molar-refractivity contribution is -0.142. The Kier molecular flexibility index (Phi) is 31.3. The first-order chi connectivity index (χ1) is 37.2. The first-order valence-corrected chi connectivity index (χ1v) is 27.1. The zero-order valence-corrected chi connectivity index (χ0v) is 46.8. The Morgan fingerprint density at radius 3 is 1.44 bits per heavy atom. The monoisotopic (exact) mass is 1110 g/mol. The minimum atomic E-state index is -1.27. The third-order valence-electron chi connectivity index (χ3n) is 12.5. The smallest absolute Gasteiger partial charge is 0.303 e. The summed E-state index contributed by atoms with van der Waals surface area (Å²) in [6, 6.07) is 14.7. The van der Waals surface area contributed by atoms with Gasteiger partial charge in [-0.3, -0.25) is 52.8 Å². The minimum absolute atomic E-state index is 0.00344. The number of nitrogens with two attached hydrogens (primary N) is 2. The highest BCUT2D eigenvalue weighted by atomic mass is 16.4. The number of primary amides is 1. The van der Waals surface area contributed by atoms with Gasteiger partial charge in [0.1, 0.15) is 6.23 Å². The Morgan fingerprint density at radius 1 is 0.494 bits per heavy atom. The maximum atomic E-state index is 14.3. The fourth-order valence-corrected chi connectivity index (χ4v) is 8.88. The molecule has 0 aromatic heterocycles. The Hall–Kier alpha value is -6.98. The number of hydrogen-bond acceptors (Lipinski definition) is 13. The summed E-state index contributed by atoms with van der Waals surface area (Å²) in [4.78, 5) is 136. The molecule has 440 valence electrons. The maximum Gasteiger partial charge on any atom is 0.303 e. The molecule has 7 amide bonds. The number of carbonyl (C=O) groups is 10. The third-order valence-corrected chi connectivity index (χ3v) is 12.5. The van der Waals surface area contributed by atoms with Crippen molar-refractivity contribution in [2.75, 3.05) is 52.4 Å². The van der Waals surface area contributed by atoms with Crippen LogP contribution in [0.5, 0.6) is 0 Å². The van der Waals surface area contributed by atoms with Crippen molar-refractivity contribution < 1.29 is 68.4 Å². The SMILES string of the molecule is CC(C)CC(=O)N(CC(=O)N[C@@H](Cc1ccccc1)CN(CC(=O)N[C@@H](CC(C)C)CN(CC(=O)N[C@@H](CCC(=O)O)CN(CC(N)=O)C(O)CC(C)C)C(=O)CCc1ccccc1)C(=O)CCC(=O)O)C[C@@H](N)CCC(=O)O. The van der Waals surface area contributed by atoms with Crippen LogP contribution in [0.25, 0.3) is 0 Å². The summed E-state index contributed by atoms with van der Waals surface area (Å²) in [5.41, 5.74) is 13.3. The van der Waals surface area contributed by atoms with E-state index in [1.165, 1.54) is 14.7 Å². The summed E-state index contributed by atoms with van der Waals surface area (Å²) in [6.07, 6.45) is -1.91. The standard InChI is InChI=1S/C56H87N9O14/c1-37(2)25-44(31-64(50(70)20-17-40-13-9-7-10-14-40)35-47(67)59-43(19-23-55(76)77)30-63(33-46(58)66)53(73)27-39(5)6)60-49(69)36-65(51(71)21-24-56(78)79)32-45(28-41-15-11-8-12-16-41)61-48(68)34-62(52(72)26-38(3)4)29-42(57)18-22-54(74)75/h7-16,37-39,42-45,53,73H,17-36,57H2,1-6H3,(H2,58,66)(H,59,67)(H,60,69)(H,61,68)(H,74,75)(H,76,77)(H,78,79)/t42-,43-,44-,45-,53?/m0/s1. The van der Waals surface area contributed by atoms with Gasteiger partial charge in [0.25, 0.3) is 0 Å². The van der Waals surface area contributed by atoms with Gasteiger partial charge in [0.2, 0.25) is 41.4 Å². The Bertz CT molecular complexity index is 2270. The van der Waals surface area contributed by atoms with E-state index in [4.69, 9.17) is 11.5 Å². The van der Waals surface area contributed by atoms with Gasteiger partial charge in [-0.2, -0.15) is 0 Å². The van der Waals surface area contributed by atoms with Crippen molar-refractivity contribution in [2.24, 2.45) is 29.2 Å². The number of rotatable bonds is 40. The highest BCUT2D eigenvalue weighted by Crippen LogP contribution is 2.15. The van der Waals surface area contributed by atoms with Gasteiger partial charge in [-0.25, -0.2) is 0 Å². The Balaban J connectivity index is 2.54. The molecule has 0 saturated carbocycles. The zero-order chi connectivity index (χ0) is 59.2. The van der Waals surface area contributed by atoms with E-state index in [-0.39, 0.29) is 114 Å². The average molecular weight is 1110 g/mol. The molecule has 0 heterocycles. The molecule has 23 nitrogen and oxygen atoms in total. The summed E-state index contributed by atoms with van der Waals surface area (Å²) in [5, 5.41) is 48.0. The van der Waals surface area contributed by atoms with Crippen molar-refractivity contribution in [3.63, 3.8) is 0 Å². The van der Waals surface area contributed by atoms with Crippen molar-refractivity contribution in [3.8, 4) is 0 Å². The van der Waals surface area contributed by atoms with Crippen LogP contribution in [0.1, 0.15) is 117 Å². The number of aryl methyl sites for hydroxylation is 1. The molecule has 2 rings (SSSR count). The number of carbonyl (C=O) groups excluding carboxylic acids is 7. The van der Waals surface area contributed by atoms with Crippen molar-refractivity contribution >= 4 is 59.3 Å². The van der Waals surface area contributed by atoms with Crippen molar-refractivity contribution in [1.29, 1.82) is 0 Å². The zero-order valence-electron chi connectivity index (χ0n) is 46.8. The number of carboxylic acid groups (broad SMARTS) is 3. The summed E-state index contributed by atoms with van der Waals surface area (Å²) in [7, 11) is 0. The molecule has 11 N–H and O–H groups in total. The van der Waals surface area contributed by atoms with Gasteiger partial charge >= 0.3 is 17.9 Å². The van der Waals surface area contributed by atoms with Crippen molar-refractivity contribution in [3.05, 3.63) is 71.8 Å². The highest BCUT2D eigenvalue weighted by Gasteiger charge is 2.30. The lowest BCUT2D eigenvalue weighted by atomic mass is 10.0. The van der Waals surface area contributed by atoms with Gasteiger partial charge in [0.15, 0.2) is 0 Å². The summed E-state index contributed by atoms with van der Waals surface area (Å²) < 4.78 is 0. The molecule has 0 fully saturated rings. The molecule has 0 radical (unpaired) electrons. The van der Waals surface area contributed by atoms with E-state index in [0.717, 1.165) is 16.0 Å². The van der Waals surface area contributed by atoms with Crippen LogP contribution in [0.4, 0.5) is 0 Å². The van der Waals surface area contributed by atoms with Crippen molar-refractivity contribution in [1.82, 2.24) is 35.6 Å². The van der Waals surface area contributed by atoms with E-state index in [1.54, 1.807) is 30.3 Å². The van der Waals surface area contributed by atoms with Gasteiger partial charge in [-0.15, -0.1) is 0 Å². The molecule has 0 aliphatic rings. The summed E-state index contributed by atoms with van der Waals surface area (Å²) in [6.45, 7) is 8.39. The van der Waals surface area contributed by atoms with Gasteiger partial charge in [0.05, 0.1) is 38.6 Å². The molecule has 2 aromatic carbocycles. The van der Waals surface area contributed by atoms with Crippen molar-refractivity contribution in [2.45, 2.75) is 149 Å². The van der Waals surface area contributed by atoms with Crippen LogP contribution in [0.15, 0.2) is 60.7 Å². The van der Waals surface area contributed by atoms with Crippen LogP contribution in [-0.4, -0.2) is 182 Å². The predicted octanol–water partition coefficient (Wildman–Crippen LogP) is 1.97. The first kappa shape index (κ1) is 68.1. The number of nitrogens with one attached hydrogen (secondary N) is 3. The number of nitrogens with zero attached hydrogens (tertiary/aromatic N) is 4. The van der Waals surface area contributed by atoms with E-state index in [0.29, 0.717) is 6.42 Å². The fourth-order valence-electron chi connectivity index (χ4n) is 8.88. The van der Waals surface area contributed by atoms with Crippen LogP contribution in [-0.2, 0) is 60.8 Å². The average Bonchev–Trinajstić information content (AvgIpc) is 3.35. The van der Waals surface area contributed by atoms with E-state index in [1.807, 2.05) is 71.9 Å². The third kappa shape index (κ3) is 30.7. The molecule has 0 spiro atoms. The quantitative estimate of drug-likeness (QED) is 0.0431. The summed E-state index contributed by atoms with van der Waals surface area (Å²) in [5.74, 6) is -8.00. The topological polar surface area (TPSA) is 353 Å². The second-order valence-corrected chi connectivity index (χ2v) is 21.5. The van der Waals surface area contributed by atoms with Crippen LogP contribution in [0, 0.1) is 17.8 Å². The number of carboxylic acids is 3. The van der Waals surface area contributed by atoms with E-state index in [2.05, 4.69) is 16.0 Å². The largest absolute Gasteiger partial charge is 0.481 e. The number of aliphatic carboxylic acids is 3. The molecular weight excluding hydrogens is 1020 g/mol. The summed E-state index contributed by atoms with van der Waals surface area (Å²) >= 11 is 0. The van der Waals surface area contributed by atoms with Crippen LogP contribution >= 0.6 is 0 Å². The Labute approximate surface area is 464 Å². The minimum Gasteiger partial charge on any atom is -0.481 e. The highest BCUT2D eigenvalue weighted by molar-refractivity contribution is 5.88. The van der Waals surface area contributed by atoms with Gasteiger partial charge < -0.3 is 62.5 Å². The lowest BCUT2D eigenvalue weighted by Crippen LogP contribution is -2.55.